The maximum atomic E-state index is 11.0. The van der Waals surface area contributed by atoms with Crippen molar-refractivity contribution >= 4 is 11.7 Å². The van der Waals surface area contributed by atoms with Gasteiger partial charge in [-0.25, -0.2) is 0 Å². The Morgan fingerprint density at radius 3 is 2.58 bits per heavy atom. The Morgan fingerprint density at radius 1 is 1.37 bits per heavy atom. The van der Waals surface area contributed by atoms with Crippen LogP contribution in [0.2, 0.25) is 0 Å². The average molecular weight is 261 g/mol. The van der Waals surface area contributed by atoms with E-state index in [-0.39, 0.29) is 17.8 Å². The summed E-state index contributed by atoms with van der Waals surface area (Å²) in [6, 6.07) is 8.49. The minimum Gasteiger partial charge on any atom is -0.481 e. The molecular weight excluding hydrogens is 238 g/mol. The SMILES string of the molecule is Cc1ccc(N2CCC(C)(C)C(CC(=O)O)C2)cc1. The second-order valence-electron chi connectivity index (χ2n) is 6.31. The molecule has 1 atom stereocenters. The van der Waals surface area contributed by atoms with Crippen molar-refractivity contribution in [3.63, 3.8) is 0 Å². The molecule has 0 spiro atoms. The van der Waals surface area contributed by atoms with Crippen molar-refractivity contribution in [3.05, 3.63) is 29.8 Å². The Morgan fingerprint density at radius 2 is 2.00 bits per heavy atom. The lowest BCUT2D eigenvalue weighted by Crippen LogP contribution is -2.45. The molecule has 0 saturated carbocycles. The van der Waals surface area contributed by atoms with Crippen LogP contribution in [0.15, 0.2) is 24.3 Å². The van der Waals surface area contributed by atoms with Crippen molar-refractivity contribution in [2.75, 3.05) is 18.0 Å². The first-order valence-electron chi connectivity index (χ1n) is 6.92. The Bertz CT molecular complexity index is 450. The van der Waals surface area contributed by atoms with Gasteiger partial charge >= 0.3 is 5.97 Å². The van der Waals surface area contributed by atoms with Crippen LogP contribution in [-0.4, -0.2) is 24.2 Å². The van der Waals surface area contributed by atoms with Crippen molar-refractivity contribution in [1.29, 1.82) is 0 Å². The first-order valence-corrected chi connectivity index (χ1v) is 6.92. The maximum Gasteiger partial charge on any atom is 0.303 e. The number of aryl methyl sites for hydroxylation is 1. The molecule has 1 unspecified atom stereocenters. The van der Waals surface area contributed by atoms with E-state index in [9.17, 15) is 4.79 Å². The van der Waals surface area contributed by atoms with Gasteiger partial charge in [-0.2, -0.15) is 0 Å². The van der Waals surface area contributed by atoms with Gasteiger partial charge in [-0.3, -0.25) is 4.79 Å². The number of rotatable bonds is 3. The molecule has 1 aliphatic rings. The second-order valence-corrected chi connectivity index (χ2v) is 6.31. The van der Waals surface area contributed by atoms with Crippen LogP contribution in [0.1, 0.15) is 32.3 Å². The van der Waals surface area contributed by atoms with Gasteiger partial charge in [-0.15, -0.1) is 0 Å². The number of carboxylic acids is 1. The highest BCUT2D eigenvalue weighted by molar-refractivity contribution is 5.67. The highest BCUT2D eigenvalue weighted by Crippen LogP contribution is 2.39. The summed E-state index contributed by atoms with van der Waals surface area (Å²) in [5, 5.41) is 9.07. The third-order valence-electron chi connectivity index (χ3n) is 4.39. The predicted octanol–water partition coefficient (Wildman–Crippen LogP) is 3.32. The standard InChI is InChI=1S/C16H23NO2/c1-12-4-6-14(7-5-12)17-9-8-16(2,3)13(11-17)10-15(18)19/h4-7,13H,8-11H2,1-3H3,(H,18,19). The fourth-order valence-corrected chi connectivity index (χ4v) is 2.77. The highest BCUT2D eigenvalue weighted by Gasteiger charge is 2.36. The van der Waals surface area contributed by atoms with Crippen LogP contribution in [0.5, 0.6) is 0 Å². The number of anilines is 1. The summed E-state index contributed by atoms with van der Waals surface area (Å²) in [6.07, 6.45) is 1.30. The van der Waals surface area contributed by atoms with Gasteiger partial charge in [0, 0.05) is 18.8 Å². The van der Waals surface area contributed by atoms with Crippen molar-refractivity contribution < 1.29 is 9.90 Å². The fourth-order valence-electron chi connectivity index (χ4n) is 2.77. The third-order valence-corrected chi connectivity index (χ3v) is 4.39. The zero-order valence-electron chi connectivity index (χ0n) is 12.0. The van der Waals surface area contributed by atoms with E-state index >= 15 is 0 Å². The molecule has 2 rings (SSSR count). The van der Waals surface area contributed by atoms with Gasteiger partial charge in [-0.1, -0.05) is 31.5 Å². The van der Waals surface area contributed by atoms with Gasteiger partial charge in [0.2, 0.25) is 0 Å². The number of piperidine rings is 1. The van der Waals surface area contributed by atoms with Crippen molar-refractivity contribution in [3.8, 4) is 0 Å². The van der Waals surface area contributed by atoms with E-state index in [1.807, 2.05) is 0 Å². The van der Waals surface area contributed by atoms with Gasteiger partial charge in [0.1, 0.15) is 0 Å². The molecule has 1 aromatic carbocycles. The summed E-state index contributed by atoms with van der Waals surface area (Å²) in [5.74, 6) is -0.483. The monoisotopic (exact) mass is 261 g/mol. The van der Waals surface area contributed by atoms with Crippen molar-refractivity contribution in [2.24, 2.45) is 11.3 Å². The van der Waals surface area contributed by atoms with E-state index in [1.165, 1.54) is 11.3 Å². The smallest absolute Gasteiger partial charge is 0.303 e. The van der Waals surface area contributed by atoms with Gasteiger partial charge in [-0.05, 0) is 36.8 Å². The van der Waals surface area contributed by atoms with Crippen LogP contribution in [0.25, 0.3) is 0 Å². The summed E-state index contributed by atoms with van der Waals surface area (Å²) >= 11 is 0. The lowest BCUT2D eigenvalue weighted by Gasteiger charge is -2.44. The topological polar surface area (TPSA) is 40.5 Å². The predicted molar refractivity (Wildman–Crippen MR) is 77.5 cm³/mol. The first kappa shape index (κ1) is 13.9. The molecule has 1 fully saturated rings. The Kier molecular flexibility index (Phi) is 3.83. The summed E-state index contributed by atoms with van der Waals surface area (Å²) in [5.41, 5.74) is 2.57. The van der Waals surface area contributed by atoms with Gasteiger partial charge in [0.15, 0.2) is 0 Å². The number of nitrogens with zero attached hydrogens (tertiary/aromatic N) is 1. The van der Waals surface area contributed by atoms with Crippen LogP contribution in [0, 0.1) is 18.3 Å². The largest absolute Gasteiger partial charge is 0.481 e. The van der Waals surface area contributed by atoms with Crippen molar-refractivity contribution in [2.45, 2.75) is 33.6 Å². The number of aliphatic carboxylic acids is 1. The summed E-state index contributed by atoms with van der Waals surface area (Å²) in [4.78, 5) is 13.3. The molecule has 19 heavy (non-hydrogen) atoms. The molecule has 3 heteroatoms. The molecule has 1 saturated heterocycles. The van der Waals surface area contributed by atoms with Crippen LogP contribution in [0.3, 0.4) is 0 Å². The minimum absolute atomic E-state index is 0.111. The third kappa shape index (κ3) is 3.28. The minimum atomic E-state index is -0.691. The Balaban J connectivity index is 2.13. The molecule has 3 nitrogen and oxygen atoms in total. The van der Waals surface area contributed by atoms with Crippen molar-refractivity contribution in [1.82, 2.24) is 0 Å². The van der Waals surface area contributed by atoms with E-state index in [0.29, 0.717) is 0 Å². The molecule has 1 heterocycles. The summed E-state index contributed by atoms with van der Waals surface area (Å²) in [7, 11) is 0. The van der Waals surface area contributed by atoms with E-state index in [4.69, 9.17) is 5.11 Å². The second kappa shape index (κ2) is 5.24. The van der Waals surface area contributed by atoms with E-state index < -0.39 is 5.97 Å². The number of carbonyl (C=O) groups is 1. The van der Waals surface area contributed by atoms with Crippen LogP contribution >= 0.6 is 0 Å². The van der Waals surface area contributed by atoms with E-state index in [2.05, 4.69) is 49.9 Å². The van der Waals surface area contributed by atoms with Gasteiger partial charge in [0.05, 0.1) is 6.42 Å². The van der Waals surface area contributed by atoms with Gasteiger partial charge in [0.25, 0.3) is 0 Å². The molecule has 1 aromatic rings. The molecular formula is C16H23NO2. The Labute approximate surface area is 115 Å². The molecule has 0 aromatic heterocycles. The zero-order valence-corrected chi connectivity index (χ0v) is 12.0. The molecule has 0 aliphatic carbocycles. The number of hydrogen-bond donors (Lipinski definition) is 1. The molecule has 0 radical (unpaired) electrons. The molecule has 0 amide bonds. The lowest BCUT2D eigenvalue weighted by molar-refractivity contribution is -0.139. The summed E-state index contributed by atoms with van der Waals surface area (Å²) in [6.45, 7) is 8.30. The Hall–Kier alpha value is -1.51. The maximum absolute atomic E-state index is 11.0. The van der Waals surface area contributed by atoms with Crippen LogP contribution < -0.4 is 4.90 Å². The number of carboxylic acid groups (broad SMARTS) is 1. The van der Waals surface area contributed by atoms with E-state index in [0.717, 1.165) is 19.5 Å². The van der Waals surface area contributed by atoms with Gasteiger partial charge < -0.3 is 10.0 Å². The molecule has 1 aliphatic heterocycles. The van der Waals surface area contributed by atoms with Crippen LogP contribution in [-0.2, 0) is 4.79 Å². The first-order chi connectivity index (χ1) is 8.88. The number of hydrogen-bond acceptors (Lipinski definition) is 2. The molecule has 1 N–H and O–H groups in total. The molecule has 0 bridgehead atoms. The average Bonchev–Trinajstić information content (AvgIpc) is 2.32. The van der Waals surface area contributed by atoms with E-state index in [1.54, 1.807) is 0 Å². The summed E-state index contributed by atoms with van der Waals surface area (Å²) < 4.78 is 0. The lowest BCUT2D eigenvalue weighted by atomic mass is 9.72. The molecule has 104 valence electrons. The van der Waals surface area contributed by atoms with Crippen LogP contribution in [0.4, 0.5) is 5.69 Å². The normalized spacial score (nSPS) is 22.3. The highest BCUT2D eigenvalue weighted by atomic mass is 16.4. The fraction of sp³-hybridized carbons (Fsp3) is 0.562. The number of benzene rings is 1. The zero-order chi connectivity index (χ0) is 14.0. The quantitative estimate of drug-likeness (QED) is 0.907.